The summed E-state index contributed by atoms with van der Waals surface area (Å²) in [6, 6.07) is 0.662. The lowest BCUT2D eigenvalue weighted by atomic mass is 9.92. The van der Waals surface area contributed by atoms with Crippen molar-refractivity contribution in [3.05, 3.63) is 16.8 Å². The molecule has 1 saturated carbocycles. The molecule has 0 amide bonds. The molecule has 0 aromatic carbocycles. The smallest absolute Gasteiger partial charge is 0.225 e. The maximum Gasteiger partial charge on any atom is 0.225 e. The molecule has 6 heteroatoms. The average molecular weight is 376 g/mol. The fourth-order valence-corrected chi connectivity index (χ4v) is 5.79. The van der Waals surface area contributed by atoms with Gasteiger partial charge in [-0.15, -0.1) is 11.3 Å². The van der Waals surface area contributed by atoms with Crippen molar-refractivity contribution >= 4 is 21.6 Å². The van der Waals surface area contributed by atoms with Crippen LogP contribution in [0.25, 0.3) is 10.2 Å². The average Bonchev–Trinajstić information content (AvgIpc) is 3.21. The first-order valence-corrected chi connectivity index (χ1v) is 10.7. The van der Waals surface area contributed by atoms with E-state index in [4.69, 9.17) is 4.74 Å². The molecule has 1 N–H and O–H groups in total. The van der Waals surface area contributed by atoms with E-state index < -0.39 is 0 Å². The molecule has 0 saturated heterocycles. The third kappa shape index (κ3) is 3.23. The van der Waals surface area contributed by atoms with Crippen LogP contribution in [-0.2, 0) is 6.42 Å². The van der Waals surface area contributed by atoms with Gasteiger partial charge in [-0.25, -0.2) is 9.97 Å². The molecule has 0 unspecified atom stereocenters. The Kier molecular flexibility index (Phi) is 5.17. The Morgan fingerprint density at radius 2 is 2.00 bits per heavy atom. The molecular weight excluding hydrogens is 346 g/mol. The first-order chi connectivity index (χ1) is 12.6. The second-order valence-electron chi connectivity index (χ2n) is 7.93. The molecule has 26 heavy (non-hydrogen) atoms. The minimum atomic E-state index is -0.294. The van der Waals surface area contributed by atoms with Crippen LogP contribution < -0.4 is 4.74 Å². The second-order valence-corrected chi connectivity index (χ2v) is 9.01. The van der Waals surface area contributed by atoms with E-state index in [2.05, 4.69) is 29.0 Å². The summed E-state index contributed by atoms with van der Waals surface area (Å²) in [7, 11) is 4.32. The molecule has 5 nitrogen and oxygen atoms in total. The molecule has 2 aliphatic carbocycles. The number of thiophene rings is 1. The minimum absolute atomic E-state index is 0.196. The van der Waals surface area contributed by atoms with Gasteiger partial charge in [0.25, 0.3) is 0 Å². The Morgan fingerprint density at radius 3 is 2.69 bits per heavy atom. The SMILES string of the molecule is CC[C@H](O)[C@H]1CCc2sc3ncnc(OC4CCC(N(C)C)CC4)c3c21. The van der Waals surface area contributed by atoms with Gasteiger partial charge in [-0.3, -0.25) is 0 Å². The zero-order chi connectivity index (χ0) is 18.3. The van der Waals surface area contributed by atoms with Crippen molar-refractivity contribution in [1.29, 1.82) is 0 Å². The lowest BCUT2D eigenvalue weighted by Gasteiger charge is -2.32. The molecular formula is C20H29N3O2S. The Morgan fingerprint density at radius 1 is 1.23 bits per heavy atom. The molecule has 0 spiro atoms. The number of hydrogen-bond donors (Lipinski definition) is 1. The highest BCUT2D eigenvalue weighted by Gasteiger charge is 2.34. The Labute approximate surface area is 159 Å². The van der Waals surface area contributed by atoms with Gasteiger partial charge in [0.2, 0.25) is 5.88 Å². The van der Waals surface area contributed by atoms with Gasteiger partial charge in [-0.1, -0.05) is 6.92 Å². The van der Waals surface area contributed by atoms with Crippen molar-refractivity contribution in [1.82, 2.24) is 14.9 Å². The van der Waals surface area contributed by atoms with Crippen LogP contribution in [0.4, 0.5) is 0 Å². The van der Waals surface area contributed by atoms with Crippen LogP contribution in [0.5, 0.6) is 5.88 Å². The standard InChI is InChI=1S/C20H29N3O2S/c1-4-15(24)14-9-10-16-17(14)18-19(21-11-22-20(18)26-16)25-13-7-5-12(6-8-13)23(2)3/h11-15,24H,4-10H2,1-3H3/t12?,13?,14-,15+/m1/s1. The molecule has 2 heterocycles. The third-order valence-electron chi connectivity index (χ3n) is 6.16. The zero-order valence-electron chi connectivity index (χ0n) is 15.9. The predicted molar refractivity (Wildman–Crippen MR) is 105 cm³/mol. The fraction of sp³-hybridized carbons (Fsp3) is 0.700. The van der Waals surface area contributed by atoms with E-state index in [-0.39, 0.29) is 18.1 Å². The van der Waals surface area contributed by atoms with Crippen LogP contribution in [0, 0.1) is 0 Å². The van der Waals surface area contributed by atoms with Crippen LogP contribution in [0.1, 0.15) is 61.8 Å². The van der Waals surface area contributed by atoms with E-state index in [1.807, 2.05) is 6.92 Å². The first-order valence-electron chi connectivity index (χ1n) is 9.85. The van der Waals surface area contributed by atoms with Crippen molar-refractivity contribution in [2.75, 3.05) is 14.1 Å². The highest BCUT2D eigenvalue weighted by atomic mass is 32.1. The second kappa shape index (κ2) is 7.41. The van der Waals surface area contributed by atoms with Crippen molar-refractivity contribution in [2.45, 2.75) is 76.0 Å². The summed E-state index contributed by atoms with van der Waals surface area (Å²) >= 11 is 1.75. The summed E-state index contributed by atoms with van der Waals surface area (Å²) in [5.41, 5.74) is 1.26. The van der Waals surface area contributed by atoms with Gasteiger partial charge >= 0.3 is 0 Å². The monoisotopic (exact) mass is 375 g/mol. The van der Waals surface area contributed by atoms with E-state index in [1.165, 1.54) is 23.3 Å². The van der Waals surface area contributed by atoms with Gasteiger partial charge in [0.05, 0.1) is 11.5 Å². The van der Waals surface area contributed by atoms with Crippen LogP contribution in [0.2, 0.25) is 0 Å². The molecule has 2 aromatic heterocycles. The van der Waals surface area contributed by atoms with E-state index in [1.54, 1.807) is 17.7 Å². The van der Waals surface area contributed by atoms with Crippen molar-refractivity contribution in [2.24, 2.45) is 0 Å². The summed E-state index contributed by atoms with van der Waals surface area (Å²) in [5.74, 6) is 0.928. The van der Waals surface area contributed by atoms with E-state index in [9.17, 15) is 5.11 Å². The Bertz CT molecular complexity index is 768. The van der Waals surface area contributed by atoms with E-state index in [0.717, 1.165) is 48.2 Å². The largest absolute Gasteiger partial charge is 0.474 e. The normalized spacial score (nSPS) is 27.0. The predicted octanol–water partition coefficient (Wildman–Crippen LogP) is 3.74. The maximum atomic E-state index is 10.5. The summed E-state index contributed by atoms with van der Waals surface area (Å²) in [4.78, 5) is 13.7. The lowest BCUT2D eigenvalue weighted by molar-refractivity contribution is 0.108. The van der Waals surface area contributed by atoms with Gasteiger partial charge in [0.15, 0.2) is 0 Å². The molecule has 4 rings (SSSR count). The number of nitrogens with zero attached hydrogens (tertiary/aromatic N) is 3. The van der Waals surface area contributed by atoms with Crippen molar-refractivity contribution in [3.63, 3.8) is 0 Å². The minimum Gasteiger partial charge on any atom is -0.474 e. The first kappa shape index (κ1) is 18.1. The number of fused-ring (bicyclic) bond motifs is 3. The summed E-state index contributed by atoms with van der Waals surface area (Å²) in [6.45, 7) is 2.05. The molecule has 0 radical (unpaired) electrons. The van der Waals surface area contributed by atoms with Gasteiger partial charge < -0.3 is 14.7 Å². The molecule has 2 aliphatic rings. The third-order valence-corrected chi connectivity index (χ3v) is 7.33. The number of rotatable bonds is 5. The number of ether oxygens (including phenoxy) is 1. The molecule has 2 aromatic rings. The highest BCUT2D eigenvalue weighted by molar-refractivity contribution is 7.19. The number of hydrogen-bond acceptors (Lipinski definition) is 6. The molecule has 0 bridgehead atoms. The summed E-state index contributed by atoms with van der Waals surface area (Å²) in [6.07, 6.45) is 8.88. The number of aryl methyl sites for hydroxylation is 1. The van der Waals surface area contributed by atoms with Crippen LogP contribution in [0.15, 0.2) is 6.33 Å². The Hall–Kier alpha value is -1.24. The van der Waals surface area contributed by atoms with Crippen LogP contribution in [-0.4, -0.2) is 52.3 Å². The van der Waals surface area contributed by atoms with Crippen molar-refractivity contribution < 1.29 is 9.84 Å². The molecule has 2 atom stereocenters. The van der Waals surface area contributed by atoms with Crippen molar-refractivity contribution in [3.8, 4) is 5.88 Å². The summed E-state index contributed by atoms with van der Waals surface area (Å²) < 4.78 is 6.40. The zero-order valence-corrected chi connectivity index (χ0v) is 16.8. The van der Waals surface area contributed by atoms with Crippen LogP contribution >= 0.6 is 11.3 Å². The fourth-order valence-electron chi connectivity index (χ4n) is 4.58. The number of aliphatic hydroxyl groups is 1. The van der Waals surface area contributed by atoms with Gasteiger partial charge in [0, 0.05) is 16.8 Å². The number of aliphatic hydroxyl groups excluding tert-OH is 1. The topological polar surface area (TPSA) is 58.5 Å². The van der Waals surface area contributed by atoms with Gasteiger partial charge in [-0.2, -0.15) is 0 Å². The number of aromatic nitrogens is 2. The van der Waals surface area contributed by atoms with Gasteiger partial charge in [-0.05, 0) is 64.6 Å². The molecule has 0 aliphatic heterocycles. The highest BCUT2D eigenvalue weighted by Crippen LogP contribution is 2.47. The summed E-state index contributed by atoms with van der Waals surface area (Å²) in [5, 5.41) is 11.6. The molecule has 142 valence electrons. The van der Waals surface area contributed by atoms with E-state index in [0.29, 0.717) is 6.04 Å². The maximum absolute atomic E-state index is 10.5. The molecule has 1 fully saturated rings. The lowest BCUT2D eigenvalue weighted by Crippen LogP contribution is -2.35. The Balaban J connectivity index is 1.61. The van der Waals surface area contributed by atoms with Gasteiger partial charge in [0.1, 0.15) is 17.3 Å². The van der Waals surface area contributed by atoms with E-state index >= 15 is 0 Å². The quantitative estimate of drug-likeness (QED) is 0.863. The van der Waals surface area contributed by atoms with Crippen LogP contribution in [0.3, 0.4) is 0 Å².